The number of methoxy groups -OCH3 is 1. The lowest BCUT2D eigenvalue weighted by Crippen LogP contribution is -2.20. The standard InChI is InChI=1S/C13H15N3O3/c1-8-15-16-13(19-8)14-11-5-6-18-12-7-9(17-2)3-4-10(11)12/h3-4,7,11H,5-6H2,1-2H3,(H,14,16). The minimum Gasteiger partial charge on any atom is -0.497 e. The van der Waals surface area contributed by atoms with Crippen LogP contribution < -0.4 is 14.8 Å². The van der Waals surface area contributed by atoms with Crippen LogP contribution in [0.3, 0.4) is 0 Å². The van der Waals surface area contributed by atoms with Gasteiger partial charge < -0.3 is 19.2 Å². The van der Waals surface area contributed by atoms with Gasteiger partial charge in [-0.3, -0.25) is 0 Å². The van der Waals surface area contributed by atoms with E-state index in [2.05, 4.69) is 15.5 Å². The van der Waals surface area contributed by atoms with Crippen molar-refractivity contribution in [2.45, 2.75) is 19.4 Å². The van der Waals surface area contributed by atoms with Gasteiger partial charge in [-0.25, -0.2) is 0 Å². The lowest BCUT2D eigenvalue weighted by molar-refractivity contribution is 0.271. The molecule has 100 valence electrons. The highest BCUT2D eigenvalue weighted by atomic mass is 16.5. The number of hydrogen-bond donors (Lipinski definition) is 1. The van der Waals surface area contributed by atoms with Crippen molar-refractivity contribution in [3.05, 3.63) is 29.7 Å². The van der Waals surface area contributed by atoms with Gasteiger partial charge in [-0.1, -0.05) is 5.10 Å². The quantitative estimate of drug-likeness (QED) is 0.914. The van der Waals surface area contributed by atoms with E-state index in [1.807, 2.05) is 18.2 Å². The van der Waals surface area contributed by atoms with Gasteiger partial charge >= 0.3 is 6.01 Å². The average Bonchev–Trinajstić information content (AvgIpc) is 2.84. The third-order valence-corrected chi connectivity index (χ3v) is 3.08. The Morgan fingerprint density at radius 3 is 3.00 bits per heavy atom. The third-order valence-electron chi connectivity index (χ3n) is 3.08. The number of rotatable bonds is 3. The lowest BCUT2D eigenvalue weighted by Gasteiger charge is -2.26. The molecule has 0 amide bonds. The maximum Gasteiger partial charge on any atom is 0.315 e. The molecule has 0 saturated heterocycles. The molecule has 2 aromatic rings. The smallest absolute Gasteiger partial charge is 0.315 e. The van der Waals surface area contributed by atoms with Crippen LogP contribution in [0.5, 0.6) is 11.5 Å². The van der Waals surface area contributed by atoms with E-state index < -0.39 is 0 Å². The first kappa shape index (κ1) is 11.8. The molecule has 1 N–H and O–H groups in total. The SMILES string of the molecule is COc1ccc2c(c1)OCCC2Nc1nnc(C)o1. The average molecular weight is 261 g/mol. The number of aryl methyl sites for hydroxylation is 1. The molecule has 19 heavy (non-hydrogen) atoms. The van der Waals surface area contributed by atoms with Crippen LogP contribution in [-0.4, -0.2) is 23.9 Å². The molecule has 0 fully saturated rings. The number of hydrogen-bond acceptors (Lipinski definition) is 6. The lowest BCUT2D eigenvalue weighted by atomic mass is 10.0. The topological polar surface area (TPSA) is 69.4 Å². The van der Waals surface area contributed by atoms with E-state index in [0.717, 1.165) is 23.5 Å². The number of anilines is 1. The van der Waals surface area contributed by atoms with Crippen LogP contribution in [0.15, 0.2) is 22.6 Å². The van der Waals surface area contributed by atoms with E-state index in [1.165, 1.54) is 0 Å². The first-order valence-electron chi connectivity index (χ1n) is 6.13. The Morgan fingerprint density at radius 1 is 1.37 bits per heavy atom. The van der Waals surface area contributed by atoms with Crippen molar-refractivity contribution in [2.75, 3.05) is 19.0 Å². The minimum absolute atomic E-state index is 0.106. The largest absolute Gasteiger partial charge is 0.497 e. The Kier molecular flexibility index (Phi) is 2.98. The fourth-order valence-corrected chi connectivity index (χ4v) is 2.15. The van der Waals surface area contributed by atoms with Gasteiger partial charge in [-0.05, 0) is 12.1 Å². The van der Waals surface area contributed by atoms with Crippen molar-refractivity contribution in [1.82, 2.24) is 10.2 Å². The summed E-state index contributed by atoms with van der Waals surface area (Å²) in [4.78, 5) is 0. The second kappa shape index (κ2) is 4.79. The molecule has 0 radical (unpaired) electrons. The molecule has 0 bridgehead atoms. The van der Waals surface area contributed by atoms with E-state index in [0.29, 0.717) is 18.5 Å². The molecule has 0 aliphatic carbocycles. The van der Waals surface area contributed by atoms with Gasteiger partial charge in [0.25, 0.3) is 0 Å². The number of fused-ring (bicyclic) bond motifs is 1. The molecule has 1 aromatic carbocycles. The van der Waals surface area contributed by atoms with E-state index >= 15 is 0 Å². The monoisotopic (exact) mass is 261 g/mol. The summed E-state index contributed by atoms with van der Waals surface area (Å²) in [6.07, 6.45) is 0.848. The van der Waals surface area contributed by atoms with Gasteiger partial charge in [0, 0.05) is 25.0 Å². The van der Waals surface area contributed by atoms with Crippen LogP contribution in [-0.2, 0) is 0 Å². The van der Waals surface area contributed by atoms with Crippen LogP contribution in [0.4, 0.5) is 6.01 Å². The zero-order valence-corrected chi connectivity index (χ0v) is 10.8. The number of aromatic nitrogens is 2. The van der Waals surface area contributed by atoms with E-state index in [4.69, 9.17) is 13.9 Å². The van der Waals surface area contributed by atoms with Crippen molar-refractivity contribution >= 4 is 6.01 Å². The van der Waals surface area contributed by atoms with Crippen molar-refractivity contribution in [2.24, 2.45) is 0 Å². The van der Waals surface area contributed by atoms with Crippen molar-refractivity contribution in [3.63, 3.8) is 0 Å². The second-order valence-corrected chi connectivity index (χ2v) is 4.36. The summed E-state index contributed by atoms with van der Waals surface area (Å²) in [5.74, 6) is 2.16. The Hall–Kier alpha value is -2.24. The summed E-state index contributed by atoms with van der Waals surface area (Å²) in [7, 11) is 1.64. The fraction of sp³-hybridized carbons (Fsp3) is 0.385. The van der Waals surface area contributed by atoms with Gasteiger partial charge in [-0.15, -0.1) is 5.10 Å². The van der Waals surface area contributed by atoms with Gasteiger partial charge in [0.2, 0.25) is 5.89 Å². The van der Waals surface area contributed by atoms with Crippen molar-refractivity contribution in [3.8, 4) is 11.5 Å². The van der Waals surface area contributed by atoms with Crippen molar-refractivity contribution in [1.29, 1.82) is 0 Å². The summed E-state index contributed by atoms with van der Waals surface area (Å²) in [5.41, 5.74) is 1.07. The Morgan fingerprint density at radius 2 is 2.26 bits per heavy atom. The van der Waals surface area contributed by atoms with Crippen molar-refractivity contribution < 1.29 is 13.9 Å². The van der Waals surface area contributed by atoms with E-state index in [1.54, 1.807) is 14.0 Å². The number of nitrogens with one attached hydrogen (secondary N) is 1. The Balaban J connectivity index is 1.85. The van der Waals surface area contributed by atoms with E-state index in [-0.39, 0.29) is 6.04 Å². The van der Waals surface area contributed by atoms with Crippen LogP contribution in [0.1, 0.15) is 23.9 Å². The predicted molar refractivity (Wildman–Crippen MR) is 68.5 cm³/mol. The molecular weight excluding hydrogens is 246 g/mol. The molecule has 0 spiro atoms. The zero-order valence-electron chi connectivity index (χ0n) is 10.8. The van der Waals surface area contributed by atoms with Gasteiger partial charge in [0.1, 0.15) is 11.5 Å². The normalized spacial score (nSPS) is 17.5. The molecule has 1 aliphatic rings. The molecule has 6 heteroatoms. The molecule has 1 aliphatic heterocycles. The molecule has 1 unspecified atom stereocenters. The van der Waals surface area contributed by atoms with Crippen LogP contribution in [0, 0.1) is 6.92 Å². The minimum atomic E-state index is 0.106. The molecular formula is C13H15N3O3. The highest BCUT2D eigenvalue weighted by molar-refractivity contribution is 5.46. The summed E-state index contributed by atoms with van der Waals surface area (Å²) < 4.78 is 16.2. The molecule has 1 aromatic heterocycles. The number of benzene rings is 1. The summed E-state index contributed by atoms with van der Waals surface area (Å²) in [5, 5.41) is 11.0. The van der Waals surface area contributed by atoms with Gasteiger partial charge in [0.05, 0.1) is 19.8 Å². The summed E-state index contributed by atoms with van der Waals surface area (Å²) in [6, 6.07) is 6.35. The number of ether oxygens (including phenoxy) is 2. The summed E-state index contributed by atoms with van der Waals surface area (Å²) in [6.45, 7) is 2.41. The van der Waals surface area contributed by atoms with Gasteiger partial charge in [-0.2, -0.15) is 0 Å². The molecule has 2 heterocycles. The molecule has 0 saturated carbocycles. The third kappa shape index (κ3) is 2.33. The van der Waals surface area contributed by atoms with Gasteiger partial charge in [0.15, 0.2) is 0 Å². The maximum absolute atomic E-state index is 5.65. The fourth-order valence-electron chi connectivity index (χ4n) is 2.15. The summed E-state index contributed by atoms with van der Waals surface area (Å²) >= 11 is 0. The number of nitrogens with zero attached hydrogens (tertiary/aromatic N) is 2. The highest BCUT2D eigenvalue weighted by Crippen LogP contribution is 2.36. The first-order valence-corrected chi connectivity index (χ1v) is 6.13. The molecule has 6 nitrogen and oxygen atoms in total. The Labute approximate surface area is 110 Å². The van der Waals surface area contributed by atoms with Crippen LogP contribution in [0.2, 0.25) is 0 Å². The molecule has 1 atom stereocenters. The van der Waals surface area contributed by atoms with Crippen LogP contribution in [0.25, 0.3) is 0 Å². The maximum atomic E-state index is 5.65. The second-order valence-electron chi connectivity index (χ2n) is 4.36. The highest BCUT2D eigenvalue weighted by Gasteiger charge is 2.23. The van der Waals surface area contributed by atoms with Crippen LogP contribution >= 0.6 is 0 Å². The first-order chi connectivity index (χ1) is 9.26. The molecule has 3 rings (SSSR count). The Bertz CT molecular complexity index is 582. The zero-order chi connectivity index (χ0) is 13.2. The van der Waals surface area contributed by atoms with E-state index in [9.17, 15) is 0 Å². The predicted octanol–water partition coefficient (Wildman–Crippen LogP) is 2.32.